The van der Waals surface area contributed by atoms with Crippen LogP contribution in [-0.2, 0) is 16.1 Å². The van der Waals surface area contributed by atoms with Gasteiger partial charge in [0.05, 0.1) is 5.75 Å². The average Bonchev–Trinajstić information content (AvgIpc) is 2.66. The van der Waals surface area contributed by atoms with E-state index in [-0.39, 0.29) is 29.9 Å². The maximum Gasteiger partial charge on any atom is 0.242 e. The predicted molar refractivity (Wildman–Crippen MR) is 102 cm³/mol. The number of hydrogen-bond acceptors (Lipinski definition) is 3. The third kappa shape index (κ3) is 5.59. The molecule has 2 aromatic rings. The second-order valence-corrected chi connectivity index (χ2v) is 6.83. The summed E-state index contributed by atoms with van der Waals surface area (Å²) in [7, 11) is 0. The van der Waals surface area contributed by atoms with Gasteiger partial charge >= 0.3 is 0 Å². The maximum atomic E-state index is 14.0. The molecule has 0 spiro atoms. The smallest absolute Gasteiger partial charge is 0.242 e. The Kier molecular flexibility index (Phi) is 7.66. The molecule has 138 valence electrons. The Balaban J connectivity index is 2.14. The number of nitrogens with zero attached hydrogens (tertiary/aromatic N) is 1. The van der Waals surface area contributed by atoms with Gasteiger partial charge in [-0.05, 0) is 32.0 Å². The average molecular weight is 374 g/mol. The molecule has 0 bridgehead atoms. The summed E-state index contributed by atoms with van der Waals surface area (Å²) < 4.78 is 14.0. The van der Waals surface area contributed by atoms with Crippen LogP contribution < -0.4 is 5.32 Å². The third-order valence-corrected chi connectivity index (χ3v) is 4.92. The van der Waals surface area contributed by atoms with Crippen LogP contribution in [0.4, 0.5) is 4.39 Å². The molecule has 0 aromatic heterocycles. The third-order valence-electron chi connectivity index (χ3n) is 3.92. The van der Waals surface area contributed by atoms with Crippen LogP contribution in [0, 0.1) is 5.82 Å². The molecule has 1 unspecified atom stereocenters. The van der Waals surface area contributed by atoms with E-state index in [0.717, 1.165) is 4.90 Å². The largest absolute Gasteiger partial charge is 0.355 e. The van der Waals surface area contributed by atoms with Crippen molar-refractivity contribution in [1.29, 1.82) is 0 Å². The molecule has 2 rings (SSSR count). The van der Waals surface area contributed by atoms with E-state index in [9.17, 15) is 14.0 Å². The Morgan fingerprint density at radius 1 is 1.12 bits per heavy atom. The number of nitrogens with one attached hydrogen (secondary N) is 1. The highest BCUT2D eigenvalue weighted by molar-refractivity contribution is 8.00. The standard InChI is InChI=1S/C20H23FN2O2S/c1-3-22-20(25)15(2)23(13-16-9-7-8-12-18(16)21)19(24)14-26-17-10-5-4-6-11-17/h4-12,15H,3,13-14H2,1-2H3,(H,22,25). The van der Waals surface area contributed by atoms with Crippen LogP contribution in [0.3, 0.4) is 0 Å². The van der Waals surface area contributed by atoms with Crippen LogP contribution in [0.25, 0.3) is 0 Å². The highest BCUT2D eigenvalue weighted by Crippen LogP contribution is 2.20. The molecule has 4 nitrogen and oxygen atoms in total. The molecule has 2 amide bonds. The van der Waals surface area contributed by atoms with Crippen LogP contribution in [0.5, 0.6) is 0 Å². The fourth-order valence-electron chi connectivity index (χ4n) is 2.46. The molecule has 0 fully saturated rings. The quantitative estimate of drug-likeness (QED) is 0.720. The Morgan fingerprint density at radius 3 is 2.42 bits per heavy atom. The molecule has 1 atom stereocenters. The SMILES string of the molecule is CCNC(=O)C(C)N(Cc1ccccc1F)C(=O)CSc1ccccc1. The van der Waals surface area contributed by atoms with Crippen molar-refractivity contribution in [3.63, 3.8) is 0 Å². The summed E-state index contributed by atoms with van der Waals surface area (Å²) in [5.74, 6) is -0.658. The minimum absolute atomic E-state index is 0.0547. The van der Waals surface area contributed by atoms with Crippen molar-refractivity contribution in [2.24, 2.45) is 0 Å². The molecule has 2 aromatic carbocycles. The molecule has 0 aliphatic carbocycles. The first kappa shape index (κ1) is 20.0. The van der Waals surface area contributed by atoms with E-state index < -0.39 is 6.04 Å². The second kappa shape index (κ2) is 9.97. The van der Waals surface area contributed by atoms with E-state index in [1.54, 1.807) is 25.1 Å². The van der Waals surface area contributed by atoms with Gasteiger partial charge in [0.15, 0.2) is 0 Å². The van der Waals surface area contributed by atoms with Crippen LogP contribution in [0.15, 0.2) is 59.5 Å². The van der Waals surface area contributed by atoms with E-state index in [4.69, 9.17) is 0 Å². The zero-order valence-electron chi connectivity index (χ0n) is 14.9. The number of carbonyl (C=O) groups is 2. The van der Waals surface area contributed by atoms with Crippen molar-refractivity contribution in [3.8, 4) is 0 Å². The van der Waals surface area contributed by atoms with Crippen molar-refractivity contribution in [1.82, 2.24) is 10.2 Å². The van der Waals surface area contributed by atoms with Crippen LogP contribution in [0.2, 0.25) is 0 Å². The fourth-order valence-corrected chi connectivity index (χ4v) is 3.26. The highest BCUT2D eigenvalue weighted by atomic mass is 32.2. The van der Waals surface area contributed by atoms with Gasteiger partial charge in [-0.2, -0.15) is 0 Å². The number of halogens is 1. The van der Waals surface area contributed by atoms with Crippen molar-refractivity contribution in [2.45, 2.75) is 31.3 Å². The maximum absolute atomic E-state index is 14.0. The predicted octanol–water partition coefficient (Wildman–Crippen LogP) is 3.47. The minimum atomic E-state index is -0.682. The lowest BCUT2D eigenvalue weighted by atomic mass is 10.1. The summed E-state index contributed by atoms with van der Waals surface area (Å²) in [5, 5.41) is 2.72. The van der Waals surface area contributed by atoms with Crippen molar-refractivity contribution in [3.05, 3.63) is 66.0 Å². The van der Waals surface area contributed by atoms with E-state index in [1.165, 1.54) is 22.7 Å². The van der Waals surface area contributed by atoms with Crippen LogP contribution in [-0.4, -0.2) is 35.1 Å². The number of hydrogen-bond donors (Lipinski definition) is 1. The number of benzene rings is 2. The summed E-state index contributed by atoms with van der Waals surface area (Å²) in [6.45, 7) is 4.01. The van der Waals surface area contributed by atoms with Gasteiger partial charge in [-0.1, -0.05) is 36.4 Å². The minimum Gasteiger partial charge on any atom is -0.355 e. The second-order valence-electron chi connectivity index (χ2n) is 5.79. The molecule has 0 radical (unpaired) electrons. The number of amides is 2. The van der Waals surface area contributed by atoms with Crippen LogP contribution in [0.1, 0.15) is 19.4 Å². The van der Waals surface area contributed by atoms with E-state index in [2.05, 4.69) is 5.32 Å². The molecule has 0 aliphatic rings. The monoisotopic (exact) mass is 374 g/mol. The molecule has 0 saturated carbocycles. The fraction of sp³-hybridized carbons (Fsp3) is 0.300. The van der Waals surface area contributed by atoms with Gasteiger partial charge in [-0.3, -0.25) is 9.59 Å². The number of likely N-dealkylation sites (N-methyl/N-ethyl adjacent to an activating group) is 1. The molecule has 6 heteroatoms. The molecular weight excluding hydrogens is 351 g/mol. The summed E-state index contributed by atoms with van der Waals surface area (Å²) in [4.78, 5) is 27.4. The Hall–Kier alpha value is -2.34. The van der Waals surface area contributed by atoms with Gasteiger partial charge in [0.25, 0.3) is 0 Å². The Labute approximate surface area is 157 Å². The lowest BCUT2D eigenvalue weighted by Crippen LogP contribution is -2.48. The van der Waals surface area contributed by atoms with Gasteiger partial charge < -0.3 is 10.2 Å². The molecule has 0 aliphatic heterocycles. The highest BCUT2D eigenvalue weighted by Gasteiger charge is 2.26. The molecule has 26 heavy (non-hydrogen) atoms. The summed E-state index contributed by atoms with van der Waals surface area (Å²) in [6.07, 6.45) is 0. The number of carbonyl (C=O) groups excluding carboxylic acids is 2. The van der Waals surface area contributed by atoms with E-state index in [0.29, 0.717) is 12.1 Å². The van der Waals surface area contributed by atoms with Gasteiger partial charge in [-0.25, -0.2) is 4.39 Å². The molecule has 0 heterocycles. The molecule has 1 N–H and O–H groups in total. The van der Waals surface area contributed by atoms with Gasteiger partial charge in [0.1, 0.15) is 11.9 Å². The number of rotatable bonds is 8. The summed E-state index contributed by atoms with van der Waals surface area (Å²) in [6, 6.07) is 15.2. The topological polar surface area (TPSA) is 49.4 Å². The van der Waals surface area contributed by atoms with Gasteiger partial charge in [0, 0.05) is 23.5 Å². The first-order valence-corrected chi connectivity index (χ1v) is 9.50. The lowest BCUT2D eigenvalue weighted by Gasteiger charge is -2.28. The molecular formula is C20H23FN2O2S. The van der Waals surface area contributed by atoms with E-state index >= 15 is 0 Å². The van der Waals surface area contributed by atoms with Crippen LogP contribution >= 0.6 is 11.8 Å². The first-order valence-electron chi connectivity index (χ1n) is 8.51. The summed E-state index contributed by atoms with van der Waals surface area (Å²) in [5.41, 5.74) is 0.390. The Morgan fingerprint density at radius 2 is 1.77 bits per heavy atom. The molecule has 0 saturated heterocycles. The van der Waals surface area contributed by atoms with Gasteiger partial charge in [-0.15, -0.1) is 11.8 Å². The number of thioether (sulfide) groups is 1. The normalized spacial score (nSPS) is 11.7. The van der Waals surface area contributed by atoms with Crippen molar-refractivity contribution in [2.75, 3.05) is 12.3 Å². The summed E-state index contributed by atoms with van der Waals surface area (Å²) >= 11 is 1.40. The first-order chi connectivity index (χ1) is 12.5. The van der Waals surface area contributed by atoms with E-state index in [1.807, 2.05) is 37.3 Å². The zero-order valence-corrected chi connectivity index (χ0v) is 15.8. The zero-order chi connectivity index (χ0) is 18.9. The van der Waals surface area contributed by atoms with Crippen molar-refractivity contribution >= 4 is 23.6 Å². The van der Waals surface area contributed by atoms with Gasteiger partial charge in [0.2, 0.25) is 11.8 Å². The van der Waals surface area contributed by atoms with Crippen molar-refractivity contribution < 1.29 is 14.0 Å². The lowest BCUT2D eigenvalue weighted by molar-refractivity contribution is -0.138. The Bertz CT molecular complexity index is 740.